The van der Waals surface area contributed by atoms with Crippen LogP contribution in [-0.4, -0.2) is 27.6 Å². The largest absolute Gasteiger partial charge is 0.351 e. The van der Waals surface area contributed by atoms with Crippen molar-refractivity contribution in [2.24, 2.45) is 0 Å². The lowest BCUT2D eigenvalue weighted by Gasteiger charge is -2.05. The van der Waals surface area contributed by atoms with E-state index in [2.05, 4.69) is 20.5 Å². The van der Waals surface area contributed by atoms with Gasteiger partial charge in [0, 0.05) is 13.0 Å². The van der Waals surface area contributed by atoms with Crippen molar-refractivity contribution in [2.75, 3.05) is 6.54 Å². The second kappa shape index (κ2) is 5.35. The van der Waals surface area contributed by atoms with Gasteiger partial charge in [-0.2, -0.15) is 5.10 Å². The maximum atomic E-state index is 13.3. The first kappa shape index (κ1) is 12.2. The normalized spacial score (nSPS) is 10.3. The Morgan fingerprint density at radius 2 is 2.22 bits per heavy atom. The molecule has 1 heterocycles. The number of hydrogen-bond donors (Lipinski definition) is 2. The van der Waals surface area contributed by atoms with Gasteiger partial charge in [0.1, 0.15) is 12.2 Å². The molecule has 1 aromatic carbocycles. The minimum atomic E-state index is -1.14. The van der Waals surface area contributed by atoms with Gasteiger partial charge in [-0.3, -0.25) is 9.89 Å². The zero-order valence-corrected chi connectivity index (χ0v) is 9.28. The Morgan fingerprint density at radius 1 is 1.39 bits per heavy atom. The number of nitrogens with one attached hydrogen (secondary N) is 2. The molecule has 2 aromatic rings. The molecule has 0 spiro atoms. The van der Waals surface area contributed by atoms with Crippen molar-refractivity contribution in [1.82, 2.24) is 20.5 Å². The Labute approximate surface area is 101 Å². The molecular formula is C11H10F2N4O. The van der Waals surface area contributed by atoms with Crippen molar-refractivity contribution in [3.05, 3.63) is 47.5 Å². The molecule has 0 saturated carbocycles. The smallest absolute Gasteiger partial charge is 0.254 e. The first-order valence-electron chi connectivity index (χ1n) is 5.25. The molecule has 7 heteroatoms. The lowest BCUT2D eigenvalue weighted by atomic mass is 10.2. The number of halogens is 2. The highest BCUT2D eigenvalue weighted by Crippen LogP contribution is 2.10. The number of carbonyl (C=O) groups excluding carboxylic acids is 1. The number of rotatable bonds is 4. The highest BCUT2D eigenvalue weighted by molar-refractivity contribution is 5.94. The first-order valence-corrected chi connectivity index (χ1v) is 5.25. The van der Waals surface area contributed by atoms with Crippen molar-refractivity contribution in [3.63, 3.8) is 0 Å². The second-order valence-electron chi connectivity index (χ2n) is 3.54. The quantitative estimate of drug-likeness (QED) is 0.854. The third-order valence-electron chi connectivity index (χ3n) is 2.31. The maximum absolute atomic E-state index is 13.3. The molecule has 94 valence electrons. The van der Waals surface area contributed by atoms with Gasteiger partial charge in [0.25, 0.3) is 5.91 Å². The van der Waals surface area contributed by atoms with Gasteiger partial charge in [-0.1, -0.05) is 6.07 Å². The summed E-state index contributed by atoms with van der Waals surface area (Å²) < 4.78 is 26.2. The molecule has 0 fully saturated rings. The Hall–Kier alpha value is -2.31. The maximum Gasteiger partial charge on any atom is 0.254 e. The monoisotopic (exact) mass is 252 g/mol. The molecule has 2 rings (SSSR count). The fourth-order valence-electron chi connectivity index (χ4n) is 1.42. The number of benzene rings is 1. The van der Waals surface area contributed by atoms with Gasteiger partial charge < -0.3 is 5.32 Å². The summed E-state index contributed by atoms with van der Waals surface area (Å²) in [5, 5.41) is 8.74. The minimum absolute atomic E-state index is 0.254. The molecule has 0 aliphatic carbocycles. The van der Waals surface area contributed by atoms with Crippen molar-refractivity contribution < 1.29 is 13.6 Å². The van der Waals surface area contributed by atoms with E-state index in [0.717, 1.165) is 6.07 Å². The molecule has 5 nitrogen and oxygen atoms in total. The molecule has 0 aliphatic heterocycles. The average Bonchev–Trinajstić information content (AvgIpc) is 2.85. The van der Waals surface area contributed by atoms with Crippen molar-refractivity contribution in [3.8, 4) is 0 Å². The van der Waals surface area contributed by atoms with Crippen LogP contribution in [0.4, 0.5) is 8.78 Å². The number of amides is 1. The van der Waals surface area contributed by atoms with Crippen LogP contribution in [0.1, 0.15) is 16.2 Å². The number of H-pyrrole nitrogens is 1. The van der Waals surface area contributed by atoms with E-state index >= 15 is 0 Å². The van der Waals surface area contributed by atoms with E-state index in [1.165, 1.54) is 18.5 Å². The summed E-state index contributed by atoms with van der Waals surface area (Å²) in [6.45, 7) is 0.254. The van der Waals surface area contributed by atoms with Gasteiger partial charge in [0.15, 0.2) is 11.6 Å². The molecule has 0 radical (unpaired) electrons. The number of carbonyl (C=O) groups is 1. The topological polar surface area (TPSA) is 70.7 Å². The number of nitrogens with zero attached hydrogens (tertiary/aromatic N) is 2. The Bertz CT molecular complexity index is 542. The van der Waals surface area contributed by atoms with Gasteiger partial charge in [-0.05, 0) is 12.1 Å². The lowest BCUT2D eigenvalue weighted by Crippen LogP contribution is -2.27. The highest BCUT2D eigenvalue weighted by Gasteiger charge is 2.14. The molecule has 0 atom stereocenters. The Balaban J connectivity index is 1.93. The van der Waals surface area contributed by atoms with Crippen molar-refractivity contribution in [2.45, 2.75) is 6.42 Å². The van der Waals surface area contributed by atoms with E-state index in [9.17, 15) is 13.6 Å². The predicted octanol–water partition coefficient (Wildman–Crippen LogP) is 1.06. The molecule has 18 heavy (non-hydrogen) atoms. The summed E-state index contributed by atoms with van der Waals surface area (Å²) in [4.78, 5) is 15.4. The van der Waals surface area contributed by atoms with Crippen LogP contribution in [0.3, 0.4) is 0 Å². The summed E-state index contributed by atoms with van der Waals surface area (Å²) in [5.41, 5.74) is -0.312. The van der Waals surface area contributed by atoms with Gasteiger partial charge in [0.05, 0.1) is 5.56 Å². The summed E-state index contributed by atoms with van der Waals surface area (Å²) in [6.07, 6.45) is 1.78. The Morgan fingerprint density at radius 3 is 2.94 bits per heavy atom. The number of hydrogen-bond acceptors (Lipinski definition) is 3. The molecule has 0 saturated heterocycles. The standard InChI is InChI=1S/C11H10F2N4O/c12-8-3-1-2-7(10(8)13)11(18)14-5-4-9-15-6-16-17-9/h1-3,6H,4-5H2,(H,14,18)(H,15,16,17). The summed E-state index contributed by atoms with van der Waals surface area (Å²) in [6, 6.07) is 3.46. The Kier molecular flexibility index (Phi) is 3.61. The molecule has 2 N–H and O–H groups in total. The number of aromatic amines is 1. The van der Waals surface area contributed by atoms with Crippen LogP contribution in [0.25, 0.3) is 0 Å². The lowest BCUT2D eigenvalue weighted by molar-refractivity contribution is 0.0949. The van der Waals surface area contributed by atoms with Crippen molar-refractivity contribution >= 4 is 5.91 Å². The average molecular weight is 252 g/mol. The van der Waals surface area contributed by atoms with Crippen LogP contribution in [0.5, 0.6) is 0 Å². The van der Waals surface area contributed by atoms with Crippen LogP contribution in [0.2, 0.25) is 0 Å². The summed E-state index contributed by atoms with van der Waals surface area (Å²) >= 11 is 0. The first-order chi connectivity index (χ1) is 8.68. The van der Waals surface area contributed by atoms with E-state index < -0.39 is 17.5 Å². The minimum Gasteiger partial charge on any atom is -0.351 e. The van der Waals surface area contributed by atoms with E-state index in [-0.39, 0.29) is 12.1 Å². The van der Waals surface area contributed by atoms with E-state index in [0.29, 0.717) is 12.2 Å². The van der Waals surface area contributed by atoms with Crippen LogP contribution in [0, 0.1) is 11.6 Å². The van der Waals surface area contributed by atoms with Gasteiger partial charge >= 0.3 is 0 Å². The number of aromatic nitrogens is 3. The molecule has 0 bridgehead atoms. The molecule has 0 unspecified atom stereocenters. The van der Waals surface area contributed by atoms with Gasteiger partial charge in [-0.25, -0.2) is 13.8 Å². The summed E-state index contributed by atoms with van der Waals surface area (Å²) in [5.74, 6) is -2.24. The molecule has 0 aliphatic rings. The zero-order chi connectivity index (χ0) is 13.0. The van der Waals surface area contributed by atoms with Crippen LogP contribution >= 0.6 is 0 Å². The molecule has 1 aromatic heterocycles. The molecular weight excluding hydrogens is 242 g/mol. The second-order valence-corrected chi connectivity index (χ2v) is 3.54. The van der Waals surface area contributed by atoms with Gasteiger partial charge in [0.2, 0.25) is 0 Å². The van der Waals surface area contributed by atoms with Crippen LogP contribution in [0.15, 0.2) is 24.5 Å². The van der Waals surface area contributed by atoms with Crippen LogP contribution < -0.4 is 5.32 Å². The van der Waals surface area contributed by atoms with E-state index in [1.807, 2.05) is 0 Å². The SMILES string of the molecule is O=C(NCCc1ncn[nH]1)c1cccc(F)c1F. The van der Waals surface area contributed by atoms with Crippen LogP contribution in [-0.2, 0) is 6.42 Å². The third kappa shape index (κ3) is 2.68. The molecule has 1 amide bonds. The third-order valence-corrected chi connectivity index (χ3v) is 2.31. The fourth-order valence-corrected chi connectivity index (χ4v) is 1.42. The van der Waals surface area contributed by atoms with E-state index in [1.54, 1.807) is 0 Å². The van der Waals surface area contributed by atoms with Crippen molar-refractivity contribution in [1.29, 1.82) is 0 Å². The zero-order valence-electron chi connectivity index (χ0n) is 9.28. The fraction of sp³-hybridized carbons (Fsp3) is 0.182. The summed E-state index contributed by atoms with van der Waals surface area (Å²) in [7, 11) is 0. The predicted molar refractivity (Wildman–Crippen MR) is 58.8 cm³/mol. The highest BCUT2D eigenvalue weighted by atomic mass is 19.2. The van der Waals surface area contributed by atoms with E-state index in [4.69, 9.17) is 0 Å². The van der Waals surface area contributed by atoms with Gasteiger partial charge in [-0.15, -0.1) is 0 Å².